The molecule has 0 amide bonds. The van der Waals surface area contributed by atoms with Gasteiger partial charge in [0.2, 0.25) is 0 Å². The summed E-state index contributed by atoms with van der Waals surface area (Å²) in [5.74, 6) is -1.44. The summed E-state index contributed by atoms with van der Waals surface area (Å²) in [6.45, 7) is 1.81. The molecule has 1 aromatic carbocycles. The molecule has 0 N–H and O–H groups in total. The highest BCUT2D eigenvalue weighted by atomic mass is 19.1. The van der Waals surface area contributed by atoms with E-state index in [1.165, 1.54) is 6.07 Å². The van der Waals surface area contributed by atoms with Crippen LogP contribution in [-0.4, -0.2) is 17.5 Å². The standard InChI is InChI=1S/C11H10FNO4/c1-2-17-11(14)7-6-8-9(12)4-3-5-10(8)13(15)16/h3-7H,2H2,1H3/b7-6+. The van der Waals surface area contributed by atoms with E-state index in [2.05, 4.69) is 4.74 Å². The summed E-state index contributed by atoms with van der Waals surface area (Å²) in [5, 5.41) is 10.6. The van der Waals surface area contributed by atoms with E-state index in [-0.39, 0.29) is 12.2 Å². The number of nitrogens with zero attached hydrogens (tertiary/aromatic N) is 1. The van der Waals surface area contributed by atoms with Crippen LogP contribution in [-0.2, 0) is 9.53 Å². The van der Waals surface area contributed by atoms with Crippen LogP contribution in [0.3, 0.4) is 0 Å². The topological polar surface area (TPSA) is 69.4 Å². The van der Waals surface area contributed by atoms with Gasteiger partial charge in [-0.25, -0.2) is 9.18 Å². The van der Waals surface area contributed by atoms with Crippen molar-refractivity contribution in [2.24, 2.45) is 0 Å². The molecule has 1 aromatic rings. The number of hydrogen-bond acceptors (Lipinski definition) is 4. The zero-order chi connectivity index (χ0) is 12.8. The molecule has 0 aromatic heterocycles. The lowest BCUT2D eigenvalue weighted by atomic mass is 10.1. The maximum Gasteiger partial charge on any atom is 0.330 e. The summed E-state index contributed by atoms with van der Waals surface area (Å²) in [7, 11) is 0. The first-order valence-corrected chi connectivity index (χ1v) is 4.84. The molecule has 0 aliphatic heterocycles. The number of ether oxygens (including phenoxy) is 1. The molecule has 1 rings (SSSR count). The van der Waals surface area contributed by atoms with Gasteiger partial charge in [-0.2, -0.15) is 0 Å². The van der Waals surface area contributed by atoms with Crippen molar-refractivity contribution in [3.8, 4) is 0 Å². The summed E-state index contributed by atoms with van der Waals surface area (Å²) in [4.78, 5) is 20.9. The van der Waals surface area contributed by atoms with Crippen LogP contribution in [0.1, 0.15) is 12.5 Å². The van der Waals surface area contributed by atoms with Crippen molar-refractivity contribution >= 4 is 17.7 Å². The molecular formula is C11H10FNO4. The normalized spacial score (nSPS) is 10.5. The van der Waals surface area contributed by atoms with Crippen molar-refractivity contribution in [3.63, 3.8) is 0 Å². The number of nitro groups is 1. The van der Waals surface area contributed by atoms with Gasteiger partial charge >= 0.3 is 5.97 Å². The molecule has 0 bridgehead atoms. The largest absolute Gasteiger partial charge is 0.463 e. The molecule has 0 heterocycles. The molecule has 0 atom stereocenters. The molecule has 0 fully saturated rings. The van der Waals surface area contributed by atoms with Gasteiger partial charge in [0, 0.05) is 12.1 Å². The third-order valence-corrected chi connectivity index (χ3v) is 1.90. The van der Waals surface area contributed by atoms with Crippen molar-refractivity contribution in [3.05, 3.63) is 45.8 Å². The van der Waals surface area contributed by atoms with Gasteiger partial charge in [-0.05, 0) is 19.1 Å². The van der Waals surface area contributed by atoms with Gasteiger partial charge in [0.25, 0.3) is 5.69 Å². The summed E-state index contributed by atoms with van der Waals surface area (Å²) in [6.07, 6.45) is 1.99. The Kier molecular flexibility index (Phi) is 4.33. The van der Waals surface area contributed by atoms with Crippen LogP contribution in [0.15, 0.2) is 24.3 Å². The predicted molar refractivity (Wildman–Crippen MR) is 58.7 cm³/mol. The summed E-state index contributed by atoms with van der Waals surface area (Å²) in [5.41, 5.74) is -0.642. The average Bonchev–Trinajstić information content (AvgIpc) is 2.27. The highest BCUT2D eigenvalue weighted by molar-refractivity contribution is 5.87. The van der Waals surface area contributed by atoms with Crippen LogP contribution in [0.2, 0.25) is 0 Å². The Morgan fingerprint density at radius 1 is 1.59 bits per heavy atom. The Labute approximate surface area is 96.7 Å². The number of esters is 1. The minimum absolute atomic E-state index is 0.183. The van der Waals surface area contributed by atoms with Crippen LogP contribution in [0, 0.1) is 15.9 Å². The van der Waals surface area contributed by atoms with Gasteiger partial charge in [-0.1, -0.05) is 6.07 Å². The lowest BCUT2D eigenvalue weighted by Gasteiger charge is -1.99. The summed E-state index contributed by atoms with van der Waals surface area (Å²) >= 11 is 0. The van der Waals surface area contributed by atoms with E-state index in [1.807, 2.05) is 0 Å². The Bertz CT molecular complexity index is 471. The Morgan fingerprint density at radius 3 is 2.88 bits per heavy atom. The van der Waals surface area contributed by atoms with Crippen LogP contribution in [0.5, 0.6) is 0 Å². The molecule has 0 spiro atoms. The van der Waals surface area contributed by atoms with E-state index >= 15 is 0 Å². The van der Waals surface area contributed by atoms with Gasteiger partial charge in [0.15, 0.2) is 0 Å². The average molecular weight is 239 g/mol. The number of hydrogen-bond donors (Lipinski definition) is 0. The first kappa shape index (κ1) is 12.8. The lowest BCUT2D eigenvalue weighted by molar-refractivity contribution is -0.385. The highest BCUT2D eigenvalue weighted by Gasteiger charge is 2.15. The molecule has 0 aliphatic carbocycles. The molecule has 6 heteroatoms. The molecule has 0 aliphatic rings. The molecule has 0 unspecified atom stereocenters. The Balaban J connectivity index is 3.05. The van der Waals surface area contributed by atoms with E-state index in [0.717, 1.165) is 24.3 Å². The van der Waals surface area contributed by atoms with Crippen LogP contribution >= 0.6 is 0 Å². The zero-order valence-electron chi connectivity index (χ0n) is 9.05. The molecule has 0 saturated heterocycles. The maximum absolute atomic E-state index is 13.3. The zero-order valence-corrected chi connectivity index (χ0v) is 9.05. The van der Waals surface area contributed by atoms with Gasteiger partial charge in [0.05, 0.1) is 17.1 Å². The lowest BCUT2D eigenvalue weighted by Crippen LogP contribution is -1.99. The van der Waals surface area contributed by atoms with Crippen molar-refractivity contribution in [2.75, 3.05) is 6.61 Å². The van der Waals surface area contributed by atoms with E-state index in [0.29, 0.717) is 0 Å². The van der Waals surface area contributed by atoms with Gasteiger partial charge in [0.1, 0.15) is 5.82 Å². The number of halogens is 1. The third kappa shape index (κ3) is 3.37. The molecule has 5 nitrogen and oxygen atoms in total. The second-order valence-electron chi connectivity index (χ2n) is 3.02. The fourth-order valence-electron chi connectivity index (χ4n) is 1.19. The van der Waals surface area contributed by atoms with Gasteiger partial charge < -0.3 is 4.74 Å². The van der Waals surface area contributed by atoms with Gasteiger partial charge in [-0.15, -0.1) is 0 Å². The van der Waals surface area contributed by atoms with Crippen molar-refractivity contribution < 1.29 is 18.8 Å². The second-order valence-corrected chi connectivity index (χ2v) is 3.02. The van der Waals surface area contributed by atoms with E-state index in [1.54, 1.807) is 6.92 Å². The number of carbonyl (C=O) groups is 1. The SMILES string of the molecule is CCOC(=O)/C=C/c1c(F)cccc1[N+](=O)[O-]. The fourth-order valence-corrected chi connectivity index (χ4v) is 1.19. The Hall–Kier alpha value is -2.24. The molecule has 90 valence electrons. The predicted octanol–water partition coefficient (Wildman–Crippen LogP) is 2.31. The summed E-state index contributed by atoms with van der Waals surface area (Å²) < 4.78 is 17.9. The Morgan fingerprint density at radius 2 is 2.29 bits per heavy atom. The van der Waals surface area contributed by atoms with Gasteiger partial charge in [-0.3, -0.25) is 10.1 Å². The minimum atomic E-state index is -0.764. The number of rotatable bonds is 4. The van der Waals surface area contributed by atoms with Crippen LogP contribution in [0.4, 0.5) is 10.1 Å². The van der Waals surface area contributed by atoms with E-state index in [9.17, 15) is 19.3 Å². The monoisotopic (exact) mass is 239 g/mol. The quantitative estimate of drug-likeness (QED) is 0.350. The summed E-state index contributed by atoms with van der Waals surface area (Å²) in [6, 6.07) is 3.47. The van der Waals surface area contributed by atoms with Crippen molar-refractivity contribution in [1.29, 1.82) is 0 Å². The fraction of sp³-hybridized carbons (Fsp3) is 0.182. The maximum atomic E-state index is 13.3. The van der Waals surface area contributed by atoms with Crippen molar-refractivity contribution in [2.45, 2.75) is 6.92 Å². The highest BCUT2D eigenvalue weighted by Crippen LogP contribution is 2.22. The van der Waals surface area contributed by atoms with E-state index in [4.69, 9.17) is 0 Å². The first-order chi connectivity index (χ1) is 8.06. The molecule has 0 saturated carbocycles. The minimum Gasteiger partial charge on any atom is -0.463 e. The molecule has 0 radical (unpaired) electrons. The molecular weight excluding hydrogens is 229 g/mol. The second kappa shape index (κ2) is 5.74. The van der Waals surface area contributed by atoms with E-state index < -0.39 is 22.4 Å². The van der Waals surface area contributed by atoms with Crippen molar-refractivity contribution in [1.82, 2.24) is 0 Å². The van der Waals surface area contributed by atoms with Crippen LogP contribution in [0.25, 0.3) is 6.08 Å². The third-order valence-electron chi connectivity index (χ3n) is 1.90. The molecule has 17 heavy (non-hydrogen) atoms. The smallest absolute Gasteiger partial charge is 0.330 e. The first-order valence-electron chi connectivity index (χ1n) is 4.84. The number of benzene rings is 1. The van der Waals surface area contributed by atoms with Crippen LogP contribution < -0.4 is 0 Å². The number of carbonyl (C=O) groups excluding carboxylic acids is 1. The number of nitro benzene ring substituents is 1.